The van der Waals surface area contributed by atoms with Crippen LogP contribution in [0.25, 0.3) is 0 Å². The fraction of sp³-hybridized carbons (Fsp3) is 0.500. The maximum Gasteiger partial charge on any atom is 0.331 e. The average Bonchev–Trinajstić information content (AvgIpc) is 2.89. The Kier molecular flexibility index (Phi) is 5.73. The van der Waals surface area contributed by atoms with Crippen LogP contribution in [0.1, 0.15) is 62.9 Å². The van der Waals surface area contributed by atoms with Crippen LogP contribution in [0.3, 0.4) is 0 Å². The van der Waals surface area contributed by atoms with Crippen LogP contribution >= 0.6 is 0 Å². The van der Waals surface area contributed by atoms with Gasteiger partial charge in [-0.3, -0.25) is 14.5 Å². The first-order valence-electron chi connectivity index (χ1n) is 9.84. The van der Waals surface area contributed by atoms with Crippen LogP contribution < -0.4 is 4.90 Å². The van der Waals surface area contributed by atoms with Gasteiger partial charge in [-0.25, -0.2) is 0 Å². The molecule has 0 aromatic carbocycles. The summed E-state index contributed by atoms with van der Waals surface area (Å²) in [5.41, 5.74) is -1.05. The number of hydrogen-bond donors (Lipinski definition) is 1. The van der Waals surface area contributed by atoms with Gasteiger partial charge in [0.05, 0.1) is 5.69 Å². The lowest BCUT2D eigenvalue weighted by molar-refractivity contribution is -0.142. The lowest BCUT2D eigenvalue weighted by atomic mass is 9.91. The monoisotopic (exact) mass is 381 g/mol. The van der Waals surface area contributed by atoms with E-state index in [1.165, 1.54) is 11.6 Å². The Morgan fingerprint density at radius 3 is 2.93 bits per heavy atom. The molecule has 148 valence electrons. The Labute approximate surface area is 165 Å². The molecule has 1 aromatic heterocycles. The molecule has 28 heavy (non-hydrogen) atoms. The van der Waals surface area contributed by atoms with Crippen LogP contribution in [0, 0.1) is 23.3 Å². The third-order valence-corrected chi connectivity index (χ3v) is 5.36. The highest BCUT2D eigenvalue weighted by Gasteiger charge is 2.44. The van der Waals surface area contributed by atoms with E-state index in [0.717, 1.165) is 31.4 Å². The van der Waals surface area contributed by atoms with Crippen molar-refractivity contribution >= 4 is 17.7 Å². The number of nitrogens with zero attached hydrogens (tertiary/aromatic N) is 3. The van der Waals surface area contributed by atoms with Crippen molar-refractivity contribution in [2.75, 3.05) is 11.4 Å². The number of aliphatic carboxylic acids is 1. The summed E-state index contributed by atoms with van der Waals surface area (Å²) in [6.45, 7) is 5.95. The zero-order valence-corrected chi connectivity index (χ0v) is 16.7. The maximum atomic E-state index is 12.9. The summed E-state index contributed by atoms with van der Waals surface area (Å²) in [6.07, 6.45) is 12.7. The molecule has 6 heteroatoms. The Bertz CT molecular complexity index is 885. The Morgan fingerprint density at radius 2 is 2.21 bits per heavy atom. The molecule has 6 nitrogen and oxygen atoms in total. The zero-order chi connectivity index (χ0) is 20.3. The lowest BCUT2D eigenvalue weighted by Crippen LogP contribution is -2.38. The van der Waals surface area contributed by atoms with Crippen molar-refractivity contribution in [1.29, 1.82) is 0 Å². The predicted octanol–water partition coefficient (Wildman–Crippen LogP) is 3.82. The smallest absolute Gasteiger partial charge is 0.331 e. The third kappa shape index (κ3) is 3.89. The molecule has 0 spiro atoms. The number of allylic oxidation sites excluding steroid dienone is 4. The van der Waals surface area contributed by atoms with E-state index in [9.17, 15) is 14.7 Å². The molecule has 2 atom stereocenters. The topological polar surface area (TPSA) is 75.4 Å². The molecular weight excluding hydrogens is 354 g/mol. The van der Waals surface area contributed by atoms with E-state index in [1.807, 2.05) is 19.9 Å². The van der Waals surface area contributed by atoms with Crippen LogP contribution in [-0.4, -0.2) is 33.3 Å². The number of rotatable bonds is 6. The maximum absolute atomic E-state index is 12.9. The van der Waals surface area contributed by atoms with E-state index in [2.05, 4.69) is 41.4 Å². The molecule has 2 heterocycles. The van der Waals surface area contributed by atoms with Crippen LogP contribution in [0.4, 0.5) is 5.82 Å². The normalized spacial score (nSPS) is 23.8. The molecule has 3 rings (SSSR count). The van der Waals surface area contributed by atoms with Gasteiger partial charge in [0.25, 0.3) is 5.91 Å². The molecule has 1 aromatic rings. The van der Waals surface area contributed by atoms with Crippen molar-refractivity contribution in [2.45, 2.75) is 52.4 Å². The second-order valence-corrected chi connectivity index (χ2v) is 7.91. The first-order valence-corrected chi connectivity index (χ1v) is 9.84. The third-order valence-electron chi connectivity index (χ3n) is 5.36. The molecular formula is C22H27N3O3. The van der Waals surface area contributed by atoms with Gasteiger partial charge < -0.3 is 5.11 Å². The summed E-state index contributed by atoms with van der Waals surface area (Å²) in [5, 5.41) is 14.0. The SMILES string of the molecule is CC(C)c1cc2n(n1)C(=O)C(C)(C(=O)O)C#CN2CCCC1C=CC=CCC1. The second-order valence-electron chi connectivity index (χ2n) is 7.91. The first kappa shape index (κ1) is 19.9. The summed E-state index contributed by atoms with van der Waals surface area (Å²) >= 11 is 0. The van der Waals surface area contributed by atoms with Gasteiger partial charge >= 0.3 is 5.97 Å². The van der Waals surface area contributed by atoms with Crippen LogP contribution in [-0.2, 0) is 4.79 Å². The molecule has 1 aliphatic heterocycles. The van der Waals surface area contributed by atoms with Crippen molar-refractivity contribution in [1.82, 2.24) is 9.78 Å². The molecule has 1 N–H and O–H groups in total. The van der Waals surface area contributed by atoms with Crippen LogP contribution in [0.5, 0.6) is 0 Å². The number of carboxylic acid groups (broad SMARTS) is 1. The van der Waals surface area contributed by atoms with Gasteiger partial charge in [-0.2, -0.15) is 9.78 Å². The highest BCUT2D eigenvalue weighted by atomic mass is 16.4. The van der Waals surface area contributed by atoms with Gasteiger partial charge in [-0.05, 0) is 44.4 Å². The quantitative estimate of drug-likeness (QED) is 0.599. The van der Waals surface area contributed by atoms with Crippen LogP contribution in [0.15, 0.2) is 30.4 Å². The van der Waals surface area contributed by atoms with Gasteiger partial charge in [-0.15, -0.1) is 0 Å². The van der Waals surface area contributed by atoms with Gasteiger partial charge in [0.1, 0.15) is 5.82 Å². The van der Waals surface area contributed by atoms with E-state index in [4.69, 9.17) is 0 Å². The Hall–Kier alpha value is -2.81. The molecule has 0 amide bonds. The number of carbonyl (C=O) groups excluding carboxylic acids is 1. The van der Waals surface area contributed by atoms with Crippen molar-refractivity contribution in [3.63, 3.8) is 0 Å². The number of carbonyl (C=O) groups is 2. The molecule has 0 fully saturated rings. The largest absolute Gasteiger partial charge is 0.480 e. The van der Waals surface area contributed by atoms with E-state index in [-0.39, 0.29) is 5.92 Å². The highest BCUT2D eigenvalue weighted by Crippen LogP contribution is 2.29. The fourth-order valence-electron chi connectivity index (χ4n) is 3.38. The van der Waals surface area contributed by atoms with E-state index >= 15 is 0 Å². The Balaban J connectivity index is 1.84. The Morgan fingerprint density at radius 1 is 1.43 bits per heavy atom. The highest BCUT2D eigenvalue weighted by molar-refractivity contribution is 6.07. The van der Waals surface area contributed by atoms with E-state index in [1.54, 1.807) is 4.90 Å². The number of aromatic nitrogens is 2. The minimum absolute atomic E-state index is 0.127. The molecule has 1 aliphatic carbocycles. The van der Waals surface area contributed by atoms with E-state index in [0.29, 0.717) is 18.3 Å². The van der Waals surface area contributed by atoms with Crippen molar-refractivity contribution < 1.29 is 14.7 Å². The minimum Gasteiger partial charge on any atom is -0.480 e. The zero-order valence-electron chi connectivity index (χ0n) is 16.7. The van der Waals surface area contributed by atoms with Crippen LogP contribution in [0.2, 0.25) is 0 Å². The summed E-state index contributed by atoms with van der Waals surface area (Å²) in [7, 11) is 0. The minimum atomic E-state index is -1.81. The fourth-order valence-corrected chi connectivity index (χ4v) is 3.38. The predicted molar refractivity (Wildman–Crippen MR) is 108 cm³/mol. The lowest BCUT2D eigenvalue weighted by Gasteiger charge is -2.19. The number of anilines is 1. The summed E-state index contributed by atoms with van der Waals surface area (Å²) in [5.74, 6) is 2.02. The number of carboxylic acids is 1. The molecule has 0 radical (unpaired) electrons. The van der Waals surface area contributed by atoms with Gasteiger partial charge in [0.2, 0.25) is 5.41 Å². The average molecular weight is 381 g/mol. The summed E-state index contributed by atoms with van der Waals surface area (Å²) < 4.78 is 1.21. The summed E-state index contributed by atoms with van der Waals surface area (Å²) in [6, 6.07) is 4.78. The van der Waals surface area contributed by atoms with Crippen molar-refractivity contribution in [3.8, 4) is 12.0 Å². The number of hydrogen-bond acceptors (Lipinski definition) is 4. The van der Waals surface area contributed by atoms with E-state index < -0.39 is 17.3 Å². The molecule has 0 saturated carbocycles. The molecule has 0 bridgehead atoms. The van der Waals surface area contributed by atoms with Gasteiger partial charge in [-0.1, -0.05) is 44.1 Å². The second kappa shape index (κ2) is 8.05. The number of fused-ring (bicyclic) bond motifs is 1. The van der Waals surface area contributed by atoms with Gasteiger partial charge in [0.15, 0.2) is 0 Å². The molecule has 2 aliphatic rings. The first-order chi connectivity index (χ1) is 13.3. The van der Waals surface area contributed by atoms with Crippen molar-refractivity contribution in [2.24, 2.45) is 11.3 Å². The molecule has 2 unspecified atom stereocenters. The van der Waals surface area contributed by atoms with Crippen molar-refractivity contribution in [3.05, 3.63) is 36.1 Å². The van der Waals surface area contributed by atoms with Gasteiger partial charge in [0, 0.05) is 18.7 Å². The molecule has 0 saturated heterocycles. The summed E-state index contributed by atoms with van der Waals surface area (Å²) in [4.78, 5) is 26.4. The standard InChI is InChI=1S/C22H27N3O3/c1-16(2)18-15-19-24(13-8-11-17-9-6-4-5-7-10-17)14-12-22(3,21(27)28)20(26)25(19)23-18/h4-6,9,15-17H,7-8,10-11,13H2,1-3H3,(H,27,28).